The van der Waals surface area contributed by atoms with Gasteiger partial charge in [0.2, 0.25) is 0 Å². The Hall–Kier alpha value is -0.830. The summed E-state index contributed by atoms with van der Waals surface area (Å²) < 4.78 is 9.88. The van der Waals surface area contributed by atoms with Crippen LogP contribution in [0.5, 0.6) is 0 Å². The van der Waals surface area contributed by atoms with E-state index in [0.717, 1.165) is 0 Å². The number of allylic oxidation sites excluding steroid dienone is 1. The van der Waals surface area contributed by atoms with Gasteiger partial charge >= 0.3 is 5.97 Å². The van der Waals surface area contributed by atoms with Crippen molar-refractivity contribution >= 4 is 5.97 Å². The molecule has 0 bridgehead atoms. The van der Waals surface area contributed by atoms with E-state index in [1.54, 1.807) is 13.8 Å². The van der Waals surface area contributed by atoms with Crippen molar-refractivity contribution in [1.82, 2.24) is 0 Å². The van der Waals surface area contributed by atoms with Gasteiger partial charge in [-0.3, -0.25) is 0 Å². The van der Waals surface area contributed by atoms with Crippen molar-refractivity contribution < 1.29 is 14.3 Å². The molecule has 0 spiro atoms. The fraction of sp³-hybridized carbons (Fsp3) is 0.667. The highest BCUT2D eigenvalue weighted by atomic mass is 16.6. The molecule has 3 nitrogen and oxygen atoms in total. The molecule has 0 heterocycles. The zero-order valence-electron chi connectivity index (χ0n) is 7.87. The van der Waals surface area contributed by atoms with Crippen molar-refractivity contribution in [1.29, 1.82) is 0 Å². The maximum absolute atomic E-state index is 11.0. The van der Waals surface area contributed by atoms with E-state index in [1.807, 2.05) is 19.1 Å². The number of carbonyl (C=O) groups is 1. The molecular formula is C9H16O3. The first-order valence-electron chi connectivity index (χ1n) is 4.11. The van der Waals surface area contributed by atoms with Gasteiger partial charge in [-0.15, -0.1) is 0 Å². The first kappa shape index (κ1) is 11.2. The molecule has 0 N–H and O–H groups in total. The largest absolute Gasteiger partial charge is 0.464 e. The standard InChI is InChI=1S/C9H16O3/c1-4-6-7-12-8(3)9(10)11-5-2/h4,6,8H,5,7H2,1-3H3. The van der Waals surface area contributed by atoms with Crippen molar-refractivity contribution in [3.8, 4) is 0 Å². The molecule has 1 unspecified atom stereocenters. The molecule has 0 rings (SSSR count). The molecule has 0 fully saturated rings. The summed E-state index contributed by atoms with van der Waals surface area (Å²) in [5, 5.41) is 0. The molecule has 0 radical (unpaired) electrons. The van der Waals surface area contributed by atoms with Crippen LogP contribution in [0.3, 0.4) is 0 Å². The van der Waals surface area contributed by atoms with Gasteiger partial charge in [0.1, 0.15) is 0 Å². The molecule has 0 aliphatic rings. The average Bonchev–Trinajstić information content (AvgIpc) is 2.05. The van der Waals surface area contributed by atoms with E-state index in [-0.39, 0.29) is 5.97 Å². The normalized spacial score (nSPS) is 13.2. The monoisotopic (exact) mass is 172 g/mol. The van der Waals surface area contributed by atoms with E-state index in [2.05, 4.69) is 0 Å². The Balaban J connectivity index is 3.56. The number of esters is 1. The van der Waals surface area contributed by atoms with Gasteiger partial charge in [-0.2, -0.15) is 0 Å². The van der Waals surface area contributed by atoms with Crippen molar-refractivity contribution in [2.24, 2.45) is 0 Å². The van der Waals surface area contributed by atoms with Crippen molar-refractivity contribution in [3.63, 3.8) is 0 Å². The van der Waals surface area contributed by atoms with Crippen LogP contribution >= 0.6 is 0 Å². The molecule has 0 saturated carbocycles. The minimum absolute atomic E-state index is 0.304. The van der Waals surface area contributed by atoms with Gasteiger partial charge in [0.05, 0.1) is 13.2 Å². The predicted octanol–water partition coefficient (Wildman–Crippen LogP) is 1.53. The van der Waals surface area contributed by atoms with E-state index in [9.17, 15) is 4.79 Å². The maximum atomic E-state index is 11.0. The first-order chi connectivity index (χ1) is 5.72. The summed E-state index contributed by atoms with van der Waals surface area (Å²) in [5.74, 6) is -0.304. The smallest absolute Gasteiger partial charge is 0.334 e. The summed E-state index contributed by atoms with van der Waals surface area (Å²) in [6.07, 6.45) is 3.24. The molecule has 3 heteroatoms. The predicted molar refractivity (Wildman–Crippen MR) is 46.9 cm³/mol. The lowest BCUT2D eigenvalue weighted by Gasteiger charge is -2.09. The lowest BCUT2D eigenvalue weighted by Crippen LogP contribution is -2.23. The zero-order chi connectivity index (χ0) is 9.40. The van der Waals surface area contributed by atoms with Gasteiger partial charge in [-0.1, -0.05) is 12.2 Å². The average molecular weight is 172 g/mol. The quantitative estimate of drug-likeness (QED) is 0.466. The minimum atomic E-state index is -0.471. The van der Waals surface area contributed by atoms with Gasteiger partial charge < -0.3 is 9.47 Å². The Morgan fingerprint density at radius 1 is 1.58 bits per heavy atom. The van der Waals surface area contributed by atoms with Crippen LogP contribution in [0.2, 0.25) is 0 Å². The van der Waals surface area contributed by atoms with E-state index in [0.29, 0.717) is 13.2 Å². The number of rotatable bonds is 5. The first-order valence-corrected chi connectivity index (χ1v) is 4.11. The third-order valence-electron chi connectivity index (χ3n) is 1.30. The molecule has 0 aliphatic heterocycles. The molecule has 70 valence electrons. The second kappa shape index (κ2) is 6.85. The van der Waals surface area contributed by atoms with Crippen LogP contribution in [0.25, 0.3) is 0 Å². The van der Waals surface area contributed by atoms with E-state index < -0.39 is 6.10 Å². The molecule has 0 aromatic carbocycles. The van der Waals surface area contributed by atoms with Crippen LogP contribution in [0.1, 0.15) is 20.8 Å². The Labute approximate surface area is 73.4 Å². The third kappa shape index (κ3) is 4.91. The maximum Gasteiger partial charge on any atom is 0.334 e. The summed E-state index contributed by atoms with van der Waals surface area (Å²) in [7, 11) is 0. The Morgan fingerprint density at radius 2 is 2.25 bits per heavy atom. The van der Waals surface area contributed by atoms with Crippen LogP contribution in [0.4, 0.5) is 0 Å². The number of carbonyl (C=O) groups excluding carboxylic acids is 1. The summed E-state index contributed by atoms with van der Waals surface area (Å²) in [6.45, 7) is 6.21. The lowest BCUT2D eigenvalue weighted by atomic mass is 10.4. The third-order valence-corrected chi connectivity index (χ3v) is 1.30. The molecule has 0 saturated heterocycles. The minimum Gasteiger partial charge on any atom is -0.464 e. The molecular weight excluding hydrogens is 156 g/mol. The van der Waals surface area contributed by atoms with Crippen molar-refractivity contribution in [3.05, 3.63) is 12.2 Å². The van der Waals surface area contributed by atoms with Crippen LogP contribution in [-0.4, -0.2) is 25.3 Å². The summed E-state index contributed by atoms with van der Waals surface area (Å²) in [6, 6.07) is 0. The van der Waals surface area contributed by atoms with Crippen molar-refractivity contribution in [2.45, 2.75) is 26.9 Å². The highest BCUT2D eigenvalue weighted by Crippen LogP contribution is 1.94. The highest BCUT2D eigenvalue weighted by Gasteiger charge is 2.12. The van der Waals surface area contributed by atoms with Crippen LogP contribution in [0, 0.1) is 0 Å². The molecule has 0 aliphatic carbocycles. The second-order valence-electron chi connectivity index (χ2n) is 2.30. The second-order valence-corrected chi connectivity index (χ2v) is 2.30. The topological polar surface area (TPSA) is 35.5 Å². The van der Waals surface area contributed by atoms with Crippen LogP contribution < -0.4 is 0 Å². The van der Waals surface area contributed by atoms with E-state index in [4.69, 9.17) is 9.47 Å². The highest BCUT2D eigenvalue weighted by molar-refractivity contribution is 5.74. The lowest BCUT2D eigenvalue weighted by molar-refractivity contribution is -0.154. The Bertz CT molecular complexity index is 152. The zero-order valence-corrected chi connectivity index (χ0v) is 7.87. The van der Waals surface area contributed by atoms with E-state index >= 15 is 0 Å². The summed E-state index contributed by atoms with van der Waals surface area (Å²) in [4.78, 5) is 11.0. The van der Waals surface area contributed by atoms with Gasteiger partial charge in [-0.25, -0.2) is 4.79 Å². The van der Waals surface area contributed by atoms with Gasteiger partial charge in [0, 0.05) is 0 Å². The molecule has 0 aromatic heterocycles. The fourth-order valence-electron chi connectivity index (χ4n) is 0.624. The van der Waals surface area contributed by atoms with Gasteiger partial charge in [0.25, 0.3) is 0 Å². The number of hydrogen-bond donors (Lipinski definition) is 0. The van der Waals surface area contributed by atoms with Gasteiger partial charge in [-0.05, 0) is 20.8 Å². The Morgan fingerprint density at radius 3 is 2.75 bits per heavy atom. The SMILES string of the molecule is CC=CCOC(C)C(=O)OCC. The summed E-state index contributed by atoms with van der Waals surface area (Å²) >= 11 is 0. The Kier molecular flexibility index (Phi) is 6.38. The molecule has 0 aromatic rings. The molecule has 0 amide bonds. The summed E-state index contributed by atoms with van der Waals surface area (Å²) in [5.41, 5.74) is 0. The van der Waals surface area contributed by atoms with Crippen LogP contribution in [0.15, 0.2) is 12.2 Å². The fourth-order valence-corrected chi connectivity index (χ4v) is 0.624. The van der Waals surface area contributed by atoms with Gasteiger partial charge in [0.15, 0.2) is 6.10 Å². The van der Waals surface area contributed by atoms with Crippen LogP contribution in [-0.2, 0) is 14.3 Å². The van der Waals surface area contributed by atoms with Crippen molar-refractivity contribution in [2.75, 3.05) is 13.2 Å². The van der Waals surface area contributed by atoms with E-state index in [1.165, 1.54) is 0 Å². The molecule has 1 atom stereocenters. The molecule has 12 heavy (non-hydrogen) atoms. The number of ether oxygens (including phenoxy) is 2. The number of hydrogen-bond acceptors (Lipinski definition) is 3.